The normalized spacial score (nSPS) is 12.2. The lowest BCUT2D eigenvalue weighted by molar-refractivity contribution is 0.335. The van der Waals surface area contributed by atoms with Gasteiger partial charge in [0.15, 0.2) is 0 Å². The minimum atomic E-state index is 0.326. The highest BCUT2D eigenvalue weighted by Gasteiger charge is 2.15. The number of nitrogens with two attached hydrogens (primary N) is 1. The van der Waals surface area contributed by atoms with E-state index in [-0.39, 0.29) is 0 Å². The largest absolute Gasteiger partial charge is 0.494 e. The Morgan fingerprint density at radius 3 is 2.52 bits per heavy atom. The minimum absolute atomic E-state index is 0.326. The van der Waals surface area contributed by atoms with Crippen LogP contribution >= 0.6 is 0 Å². The highest BCUT2D eigenvalue weighted by atomic mass is 16.5. The molecule has 0 heterocycles. The Labute approximate surface area is 127 Å². The number of para-hydroxylation sites is 1. The molecule has 0 aliphatic carbocycles. The van der Waals surface area contributed by atoms with E-state index in [1.807, 2.05) is 19.1 Å². The van der Waals surface area contributed by atoms with E-state index in [1.54, 1.807) is 0 Å². The van der Waals surface area contributed by atoms with Crippen LogP contribution in [0.25, 0.3) is 0 Å². The fraction of sp³-hybridized carbons (Fsp3) is 0.368. The van der Waals surface area contributed by atoms with Gasteiger partial charge < -0.3 is 10.5 Å². The van der Waals surface area contributed by atoms with Gasteiger partial charge >= 0.3 is 0 Å². The number of rotatable bonds is 6. The van der Waals surface area contributed by atoms with Crippen LogP contribution in [0, 0.1) is 13.8 Å². The summed E-state index contributed by atoms with van der Waals surface area (Å²) in [5, 5.41) is 0. The number of benzene rings is 2. The zero-order chi connectivity index (χ0) is 15.2. The summed E-state index contributed by atoms with van der Waals surface area (Å²) in [7, 11) is 0. The highest BCUT2D eigenvalue weighted by molar-refractivity contribution is 5.38. The number of ether oxygens (including phenoxy) is 1. The maximum atomic E-state index is 6.04. The first kappa shape index (κ1) is 15.6. The van der Waals surface area contributed by atoms with Crippen molar-refractivity contribution < 1.29 is 4.74 Å². The third-order valence-corrected chi connectivity index (χ3v) is 3.89. The zero-order valence-electron chi connectivity index (χ0n) is 13.2. The van der Waals surface area contributed by atoms with Gasteiger partial charge in [0.2, 0.25) is 0 Å². The Kier molecular flexibility index (Phi) is 5.40. The standard InChI is InChI=1S/C19H25NO/c1-4-21-19-8-6-5-7-16(19)12-17(13-20)18-10-9-14(2)11-15(18)3/h5-11,17H,4,12-13,20H2,1-3H3. The van der Waals surface area contributed by atoms with E-state index < -0.39 is 0 Å². The zero-order valence-corrected chi connectivity index (χ0v) is 13.2. The summed E-state index contributed by atoms with van der Waals surface area (Å²) in [6, 6.07) is 14.9. The third kappa shape index (κ3) is 3.85. The molecule has 2 aromatic carbocycles. The second kappa shape index (κ2) is 7.28. The van der Waals surface area contributed by atoms with Gasteiger partial charge in [0.1, 0.15) is 5.75 Å². The van der Waals surface area contributed by atoms with Crippen molar-refractivity contribution >= 4 is 0 Å². The van der Waals surface area contributed by atoms with Gasteiger partial charge in [0.05, 0.1) is 6.61 Å². The molecule has 0 bridgehead atoms. The average molecular weight is 283 g/mol. The summed E-state index contributed by atoms with van der Waals surface area (Å²) in [6.45, 7) is 7.64. The highest BCUT2D eigenvalue weighted by Crippen LogP contribution is 2.28. The summed E-state index contributed by atoms with van der Waals surface area (Å²) >= 11 is 0. The second-order valence-electron chi connectivity index (χ2n) is 5.54. The van der Waals surface area contributed by atoms with Gasteiger partial charge in [-0.2, -0.15) is 0 Å². The lowest BCUT2D eigenvalue weighted by Crippen LogP contribution is -2.16. The topological polar surface area (TPSA) is 35.2 Å². The van der Waals surface area contributed by atoms with E-state index >= 15 is 0 Å². The van der Waals surface area contributed by atoms with Crippen molar-refractivity contribution in [3.05, 3.63) is 64.7 Å². The van der Waals surface area contributed by atoms with Crippen LogP contribution in [0.15, 0.2) is 42.5 Å². The molecule has 1 atom stereocenters. The van der Waals surface area contributed by atoms with E-state index in [4.69, 9.17) is 10.5 Å². The Morgan fingerprint density at radius 1 is 1.10 bits per heavy atom. The van der Waals surface area contributed by atoms with Crippen LogP contribution in [0.3, 0.4) is 0 Å². The van der Waals surface area contributed by atoms with Crippen molar-refractivity contribution in [1.82, 2.24) is 0 Å². The smallest absolute Gasteiger partial charge is 0.122 e. The van der Waals surface area contributed by atoms with Crippen LogP contribution in [-0.4, -0.2) is 13.2 Å². The first-order valence-electron chi connectivity index (χ1n) is 7.63. The van der Waals surface area contributed by atoms with Crippen LogP contribution in [0.2, 0.25) is 0 Å². The van der Waals surface area contributed by atoms with Crippen LogP contribution in [0.1, 0.15) is 35.1 Å². The molecule has 2 rings (SSSR count). The van der Waals surface area contributed by atoms with E-state index in [9.17, 15) is 0 Å². The van der Waals surface area contributed by atoms with Crippen LogP contribution in [0.5, 0.6) is 5.75 Å². The van der Waals surface area contributed by atoms with Gasteiger partial charge in [-0.15, -0.1) is 0 Å². The van der Waals surface area contributed by atoms with Gasteiger partial charge in [-0.05, 0) is 56.5 Å². The first-order valence-corrected chi connectivity index (χ1v) is 7.63. The van der Waals surface area contributed by atoms with E-state index in [2.05, 4.69) is 44.2 Å². The molecule has 2 N–H and O–H groups in total. The maximum Gasteiger partial charge on any atom is 0.122 e. The van der Waals surface area contributed by atoms with Gasteiger partial charge in [-0.1, -0.05) is 42.0 Å². The summed E-state index contributed by atoms with van der Waals surface area (Å²) in [4.78, 5) is 0. The molecule has 0 radical (unpaired) electrons. The molecular formula is C19H25NO. The van der Waals surface area contributed by atoms with Crippen molar-refractivity contribution in [3.63, 3.8) is 0 Å². The van der Waals surface area contributed by atoms with E-state index in [0.29, 0.717) is 19.1 Å². The molecule has 2 heteroatoms. The van der Waals surface area contributed by atoms with Crippen molar-refractivity contribution in [2.24, 2.45) is 5.73 Å². The fourth-order valence-corrected chi connectivity index (χ4v) is 2.84. The quantitative estimate of drug-likeness (QED) is 0.870. The number of aryl methyl sites for hydroxylation is 2. The predicted molar refractivity (Wildman–Crippen MR) is 89.0 cm³/mol. The summed E-state index contributed by atoms with van der Waals surface area (Å²) < 4.78 is 5.73. The van der Waals surface area contributed by atoms with Gasteiger partial charge in [0, 0.05) is 5.92 Å². The monoisotopic (exact) mass is 283 g/mol. The fourth-order valence-electron chi connectivity index (χ4n) is 2.84. The van der Waals surface area contributed by atoms with Gasteiger partial charge in [-0.25, -0.2) is 0 Å². The van der Waals surface area contributed by atoms with Crippen molar-refractivity contribution in [2.75, 3.05) is 13.2 Å². The SMILES string of the molecule is CCOc1ccccc1CC(CN)c1ccc(C)cc1C. The average Bonchev–Trinajstić information content (AvgIpc) is 2.47. The molecule has 0 spiro atoms. The molecule has 21 heavy (non-hydrogen) atoms. The number of hydrogen-bond acceptors (Lipinski definition) is 2. The Morgan fingerprint density at radius 2 is 1.86 bits per heavy atom. The molecule has 0 fully saturated rings. The molecule has 2 aromatic rings. The van der Waals surface area contributed by atoms with Crippen molar-refractivity contribution in [2.45, 2.75) is 33.1 Å². The van der Waals surface area contributed by atoms with Crippen molar-refractivity contribution in [3.8, 4) is 5.75 Å². The molecule has 112 valence electrons. The third-order valence-electron chi connectivity index (χ3n) is 3.89. The molecule has 0 saturated carbocycles. The second-order valence-corrected chi connectivity index (χ2v) is 5.54. The Bertz CT molecular complexity index is 592. The lowest BCUT2D eigenvalue weighted by atomic mass is 9.88. The minimum Gasteiger partial charge on any atom is -0.494 e. The molecule has 2 nitrogen and oxygen atoms in total. The van der Waals surface area contributed by atoms with E-state index in [1.165, 1.54) is 22.3 Å². The Hall–Kier alpha value is -1.80. The maximum absolute atomic E-state index is 6.04. The van der Waals surface area contributed by atoms with E-state index in [0.717, 1.165) is 12.2 Å². The summed E-state index contributed by atoms with van der Waals surface area (Å²) in [5.74, 6) is 1.30. The Balaban J connectivity index is 2.27. The molecular weight excluding hydrogens is 258 g/mol. The molecule has 0 amide bonds. The molecule has 0 aromatic heterocycles. The van der Waals surface area contributed by atoms with Gasteiger partial charge in [-0.3, -0.25) is 0 Å². The van der Waals surface area contributed by atoms with Gasteiger partial charge in [0.25, 0.3) is 0 Å². The summed E-state index contributed by atoms with van der Waals surface area (Å²) in [6.07, 6.45) is 0.913. The number of hydrogen-bond donors (Lipinski definition) is 1. The summed E-state index contributed by atoms with van der Waals surface area (Å²) in [5.41, 5.74) is 11.2. The lowest BCUT2D eigenvalue weighted by Gasteiger charge is -2.20. The molecule has 0 saturated heterocycles. The van der Waals surface area contributed by atoms with Crippen LogP contribution in [-0.2, 0) is 6.42 Å². The van der Waals surface area contributed by atoms with Crippen molar-refractivity contribution in [1.29, 1.82) is 0 Å². The predicted octanol–water partition coefficient (Wildman–Crippen LogP) is 3.99. The molecule has 1 unspecified atom stereocenters. The molecule has 0 aliphatic heterocycles. The first-order chi connectivity index (χ1) is 10.2. The molecule has 0 aliphatic rings. The van der Waals surface area contributed by atoms with Crippen LogP contribution < -0.4 is 10.5 Å². The van der Waals surface area contributed by atoms with Crippen LogP contribution in [0.4, 0.5) is 0 Å².